The molecule has 1 amide bonds. The number of benzene rings is 2. The second-order valence-electron chi connectivity index (χ2n) is 13.5. The molecule has 1 saturated heterocycles. The third-order valence-corrected chi connectivity index (χ3v) is 10.9. The van der Waals surface area contributed by atoms with E-state index in [0.29, 0.717) is 52.5 Å². The van der Waals surface area contributed by atoms with Gasteiger partial charge in [0.1, 0.15) is 11.3 Å². The third-order valence-electron chi connectivity index (χ3n) is 10.1. The minimum absolute atomic E-state index is 0.0246. The van der Waals surface area contributed by atoms with Crippen molar-refractivity contribution in [3.8, 4) is 39.4 Å². The number of halogens is 2. The van der Waals surface area contributed by atoms with Crippen LogP contribution in [0.3, 0.4) is 0 Å². The third kappa shape index (κ3) is 7.14. The fourth-order valence-electron chi connectivity index (χ4n) is 7.12. The number of aliphatic hydroxyl groups is 1. The highest BCUT2D eigenvalue weighted by molar-refractivity contribution is 6.39. The summed E-state index contributed by atoms with van der Waals surface area (Å²) in [6.45, 7) is 1.00. The molecule has 0 bridgehead atoms. The molecule has 7 rings (SSSR count). The van der Waals surface area contributed by atoms with Crippen LogP contribution < -0.4 is 20.9 Å². The topological polar surface area (TPSA) is 126 Å². The van der Waals surface area contributed by atoms with E-state index in [1.165, 1.54) is 0 Å². The summed E-state index contributed by atoms with van der Waals surface area (Å²) in [7, 11) is 5.30. The molecule has 266 valence electrons. The van der Waals surface area contributed by atoms with Crippen molar-refractivity contribution in [1.82, 2.24) is 34.7 Å². The van der Waals surface area contributed by atoms with Crippen molar-refractivity contribution in [2.45, 2.75) is 69.9 Å². The highest BCUT2D eigenvalue weighted by Crippen LogP contribution is 2.42. The maximum Gasteiger partial charge on any atom is 0.277 e. The Labute approximate surface area is 306 Å². The van der Waals surface area contributed by atoms with Gasteiger partial charge in [0, 0.05) is 65.6 Å². The smallest absolute Gasteiger partial charge is 0.277 e. The SMILES string of the molecule is COc1nc(-c2cccc(-c3cccc(-c4cc5c(=O)n(C)c(CNC6CCC(O)CC6)nn5c4)c3Cl)c2Cl)ccc1CN(C)[C@H]1CCC(=O)N1. The highest BCUT2D eigenvalue weighted by atomic mass is 35.5. The molecule has 4 heterocycles. The Morgan fingerprint density at radius 3 is 2.35 bits per heavy atom. The molecule has 2 aromatic carbocycles. The van der Waals surface area contributed by atoms with Crippen LogP contribution >= 0.6 is 23.2 Å². The van der Waals surface area contributed by atoms with Gasteiger partial charge in [-0.2, -0.15) is 5.10 Å². The first-order valence-electron chi connectivity index (χ1n) is 17.2. The molecule has 5 aromatic rings. The number of amides is 1. The zero-order valence-corrected chi connectivity index (χ0v) is 30.3. The van der Waals surface area contributed by atoms with Gasteiger partial charge in [-0.25, -0.2) is 9.50 Å². The van der Waals surface area contributed by atoms with E-state index in [0.717, 1.165) is 65.5 Å². The van der Waals surface area contributed by atoms with Gasteiger partial charge in [0.25, 0.3) is 5.56 Å². The summed E-state index contributed by atoms with van der Waals surface area (Å²) in [5.41, 5.74) is 5.55. The molecule has 51 heavy (non-hydrogen) atoms. The number of nitrogens with one attached hydrogen (secondary N) is 2. The summed E-state index contributed by atoms with van der Waals surface area (Å²) >= 11 is 14.3. The van der Waals surface area contributed by atoms with Gasteiger partial charge in [-0.3, -0.25) is 19.1 Å². The zero-order valence-electron chi connectivity index (χ0n) is 28.8. The summed E-state index contributed by atoms with van der Waals surface area (Å²) in [6, 6.07) is 17.5. The minimum Gasteiger partial charge on any atom is -0.481 e. The molecule has 0 spiro atoms. The first-order valence-corrected chi connectivity index (χ1v) is 18.0. The van der Waals surface area contributed by atoms with E-state index in [1.807, 2.05) is 67.8 Å². The summed E-state index contributed by atoms with van der Waals surface area (Å²) in [5.74, 6) is 1.17. The molecule has 3 aromatic heterocycles. The summed E-state index contributed by atoms with van der Waals surface area (Å²) in [5, 5.41) is 22.1. The number of aromatic nitrogens is 4. The van der Waals surface area contributed by atoms with Gasteiger partial charge in [0.15, 0.2) is 0 Å². The van der Waals surface area contributed by atoms with Crippen LogP contribution in [0.5, 0.6) is 5.88 Å². The lowest BCUT2D eigenvalue weighted by molar-refractivity contribution is -0.119. The number of fused-ring (bicyclic) bond motifs is 1. The van der Waals surface area contributed by atoms with E-state index in [2.05, 4.69) is 15.5 Å². The van der Waals surface area contributed by atoms with Crippen LogP contribution in [-0.4, -0.2) is 67.5 Å². The predicted octanol–water partition coefficient (Wildman–Crippen LogP) is 5.81. The van der Waals surface area contributed by atoms with Gasteiger partial charge in [0.2, 0.25) is 11.8 Å². The van der Waals surface area contributed by atoms with Gasteiger partial charge in [-0.1, -0.05) is 65.7 Å². The predicted molar refractivity (Wildman–Crippen MR) is 199 cm³/mol. The zero-order chi connectivity index (χ0) is 35.8. The number of carbonyl (C=O) groups is 1. The molecular formula is C38H41Cl2N7O4. The van der Waals surface area contributed by atoms with Crippen molar-refractivity contribution in [3.63, 3.8) is 0 Å². The van der Waals surface area contributed by atoms with Crippen molar-refractivity contribution in [3.05, 3.63) is 92.6 Å². The fraction of sp³-hybridized carbons (Fsp3) is 0.368. The largest absolute Gasteiger partial charge is 0.481 e. The number of hydrogen-bond donors (Lipinski definition) is 3. The van der Waals surface area contributed by atoms with Crippen molar-refractivity contribution >= 4 is 34.6 Å². The quantitative estimate of drug-likeness (QED) is 0.165. The molecule has 3 N–H and O–H groups in total. The van der Waals surface area contributed by atoms with E-state index < -0.39 is 0 Å². The van der Waals surface area contributed by atoms with Crippen LogP contribution in [0, 0.1) is 0 Å². The van der Waals surface area contributed by atoms with Crippen molar-refractivity contribution in [2.75, 3.05) is 14.2 Å². The van der Waals surface area contributed by atoms with Crippen LogP contribution in [-0.2, 0) is 24.9 Å². The number of pyridine rings is 1. The maximum absolute atomic E-state index is 13.4. The Morgan fingerprint density at radius 1 is 0.980 bits per heavy atom. The minimum atomic E-state index is -0.225. The Bertz CT molecular complexity index is 2160. The second kappa shape index (κ2) is 14.8. The van der Waals surface area contributed by atoms with Gasteiger partial charge in [0.05, 0.1) is 41.7 Å². The van der Waals surface area contributed by atoms with Crippen LogP contribution in [0.4, 0.5) is 0 Å². The number of ether oxygens (including phenoxy) is 1. The molecule has 1 aliphatic heterocycles. The van der Waals surface area contributed by atoms with Crippen LogP contribution in [0.15, 0.2) is 65.6 Å². The Balaban J connectivity index is 1.16. The molecule has 0 unspecified atom stereocenters. The van der Waals surface area contributed by atoms with Crippen molar-refractivity contribution in [1.29, 1.82) is 0 Å². The standard InChI is InChI=1S/C38H41Cl2N7O4/c1-45(32-16-17-34(49)43-32)20-22-10-15-30(42-37(22)51-3)29-9-5-8-28(36(29)40)27-7-4-6-26(35(27)39)23-18-31-38(50)46(2)33(44-47(31)21-23)19-41-24-11-13-25(48)14-12-24/h4-10,15,18,21,24-25,32,41,48H,11-14,16-17,19-20H2,1-3H3,(H,43,49)/t24?,25?,32-/m0/s1. The molecule has 1 saturated carbocycles. The first kappa shape index (κ1) is 35.2. The van der Waals surface area contributed by atoms with E-state index in [1.54, 1.807) is 23.2 Å². The van der Waals surface area contributed by atoms with Gasteiger partial charge >= 0.3 is 0 Å². The monoisotopic (exact) mass is 729 g/mol. The fourth-order valence-corrected chi connectivity index (χ4v) is 7.78. The molecular weight excluding hydrogens is 689 g/mol. The molecule has 2 aliphatic rings. The van der Waals surface area contributed by atoms with E-state index in [4.69, 9.17) is 38.0 Å². The summed E-state index contributed by atoms with van der Waals surface area (Å²) in [4.78, 5) is 32.1. The average Bonchev–Trinajstić information content (AvgIpc) is 3.77. The molecule has 13 heteroatoms. The van der Waals surface area contributed by atoms with E-state index in [-0.39, 0.29) is 29.8 Å². The highest BCUT2D eigenvalue weighted by Gasteiger charge is 2.26. The number of carbonyl (C=O) groups excluding carboxylic acids is 1. The Morgan fingerprint density at radius 2 is 1.67 bits per heavy atom. The van der Waals surface area contributed by atoms with Crippen molar-refractivity contribution in [2.24, 2.45) is 7.05 Å². The number of hydrogen-bond acceptors (Lipinski definition) is 8. The normalized spacial score (nSPS) is 19.2. The number of aliphatic hydroxyl groups excluding tert-OH is 1. The Kier molecular flexibility index (Phi) is 10.2. The molecule has 0 radical (unpaired) electrons. The summed E-state index contributed by atoms with van der Waals surface area (Å²) in [6.07, 6.45) is 6.21. The number of rotatable bonds is 10. The second-order valence-corrected chi connectivity index (χ2v) is 14.2. The lowest BCUT2D eigenvalue weighted by atomic mass is 9.93. The lowest BCUT2D eigenvalue weighted by Gasteiger charge is -2.26. The maximum atomic E-state index is 13.4. The van der Waals surface area contributed by atoms with Gasteiger partial charge in [-0.05, 0) is 51.3 Å². The van der Waals surface area contributed by atoms with Gasteiger partial charge < -0.3 is 20.5 Å². The first-order chi connectivity index (χ1) is 24.6. The Hall–Kier alpha value is -4.26. The van der Waals surface area contributed by atoms with Crippen molar-refractivity contribution < 1.29 is 14.6 Å². The van der Waals surface area contributed by atoms with Crippen LogP contribution in [0.2, 0.25) is 10.0 Å². The van der Waals surface area contributed by atoms with E-state index in [9.17, 15) is 14.7 Å². The molecule has 1 atom stereocenters. The summed E-state index contributed by atoms with van der Waals surface area (Å²) < 4.78 is 8.90. The molecule has 1 aliphatic carbocycles. The average molecular weight is 731 g/mol. The van der Waals surface area contributed by atoms with Gasteiger partial charge in [-0.15, -0.1) is 0 Å². The number of methoxy groups -OCH3 is 1. The molecule has 2 fully saturated rings. The number of nitrogens with zero attached hydrogens (tertiary/aromatic N) is 5. The van der Waals surface area contributed by atoms with Crippen LogP contribution in [0.1, 0.15) is 49.9 Å². The lowest BCUT2D eigenvalue weighted by Crippen LogP contribution is -2.40. The molecule has 11 nitrogen and oxygen atoms in total. The van der Waals surface area contributed by atoms with Crippen LogP contribution in [0.25, 0.3) is 39.0 Å². The van der Waals surface area contributed by atoms with E-state index >= 15 is 0 Å².